The van der Waals surface area contributed by atoms with Crippen LogP contribution in [0.25, 0.3) is 0 Å². The Balaban J connectivity index is 0.00000162. The molecule has 0 aromatic heterocycles. The molecule has 0 radical (unpaired) electrons. The predicted octanol–water partition coefficient (Wildman–Crippen LogP) is -0.876. The molecule has 0 saturated carbocycles. The van der Waals surface area contributed by atoms with E-state index in [4.69, 9.17) is 0 Å². The average molecular weight is 252 g/mol. The van der Waals surface area contributed by atoms with Gasteiger partial charge in [-0.2, -0.15) is 0 Å². The van der Waals surface area contributed by atoms with Gasteiger partial charge in [0.25, 0.3) is 0 Å². The zero-order chi connectivity index (χ0) is 12.3. The van der Waals surface area contributed by atoms with Gasteiger partial charge in [0, 0.05) is 0 Å². The van der Waals surface area contributed by atoms with E-state index in [-0.39, 0.29) is 31.0 Å². The van der Waals surface area contributed by atoms with Crippen molar-refractivity contribution in [3.63, 3.8) is 0 Å². The minimum atomic E-state index is -2.00. The third-order valence-electron chi connectivity index (χ3n) is 2.69. The number of carboxylic acids is 1. The first kappa shape index (κ1) is 14.9. The molecule has 88 valence electrons. The van der Waals surface area contributed by atoms with Crippen molar-refractivity contribution in [1.82, 2.24) is 0 Å². The molecule has 0 amide bonds. The summed E-state index contributed by atoms with van der Waals surface area (Å²) in [6.45, 7) is 0. The topological polar surface area (TPSA) is 57.5 Å². The van der Waals surface area contributed by atoms with Crippen LogP contribution >= 0.6 is 0 Å². The molecule has 0 aliphatic carbocycles. The first-order valence-corrected chi connectivity index (χ1v) is 5.22. The SMILES string of the molecule is O=C(O)C(O)(c1ccccc1)c1ccccc1.[H-].[Na+]. The Morgan fingerprint density at radius 1 is 0.889 bits per heavy atom. The molecule has 0 atom stereocenters. The molecule has 18 heavy (non-hydrogen) atoms. The van der Waals surface area contributed by atoms with E-state index < -0.39 is 11.6 Å². The van der Waals surface area contributed by atoms with Gasteiger partial charge >= 0.3 is 35.5 Å². The van der Waals surface area contributed by atoms with Crippen LogP contribution < -0.4 is 29.6 Å². The second-order valence-electron chi connectivity index (χ2n) is 3.75. The minimum absolute atomic E-state index is 0. The van der Waals surface area contributed by atoms with Crippen LogP contribution in [-0.4, -0.2) is 16.2 Å². The van der Waals surface area contributed by atoms with Gasteiger partial charge in [-0.05, 0) is 11.1 Å². The second-order valence-corrected chi connectivity index (χ2v) is 3.75. The first-order chi connectivity index (χ1) is 8.15. The summed E-state index contributed by atoms with van der Waals surface area (Å²) in [5.74, 6) is -1.28. The van der Waals surface area contributed by atoms with Gasteiger partial charge in [0.15, 0.2) is 0 Å². The van der Waals surface area contributed by atoms with Crippen molar-refractivity contribution < 1.29 is 46.0 Å². The van der Waals surface area contributed by atoms with Gasteiger partial charge in [0.05, 0.1) is 0 Å². The summed E-state index contributed by atoms with van der Waals surface area (Å²) in [4.78, 5) is 11.4. The maximum absolute atomic E-state index is 11.4. The Hall–Kier alpha value is -1.13. The molecular formula is C14H13NaO3. The predicted molar refractivity (Wildman–Crippen MR) is 64.6 cm³/mol. The van der Waals surface area contributed by atoms with Crippen LogP contribution in [0.2, 0.25) is 0 Å². The standard InChI is InChI=1S/C14H12O3.Na.H/c15-13(16)14(17,11-7-3-1-4-8-11)12-9-5-2-6-10-12;;/h1-10,17H,(H,15,16);;/q;+1;-1. The van der Waals surface area contributed by atoms with E-state index >= 15 is 0 Å². The van der Waals surface area contributed by atoms with Crippen molar-refractivity contribution in [3.05, 3.63) is 71.8 Å². The quantitative estimate of drug-likeness (QED) is 0.698. The molecule has 0 bridgehead atoms. The van der Waals surface area contributed by atoms with E-state index in [0.717, 1.165) is 0 Å². The largest absolute Gasteiger partial charge is 1.00 e. The Morgan fingerprint density at radius 2 is 1.22 bits per heavy atom. The smallest absolute Gasteiger partial charge is 1.00 e. The fraction of sp³-hybridized carbons (Fsp3) is 0.0714. The zero-order valence-electron chi connectivity index (χ0n) is 11.1. The molecule has 0 fully saturated rings. The number of hydrogen-bond acceptors (Lipinski definition) is 2. The van der Waals surface area contributed by atoms with Crippen molar-refractivity contribution >= 4 is 5.97 Å². The van der Waals surface area contributed by atoms with Gasteiger partial charge < -0.3 is 11.6 Å². The van der Waals surface area contributed by atoms with Gasteiger partial charge in [-0.25, -0.2) is 4.79 Å². The van der Waals surface area contributed by atoms with Crippen LogP contribution in [0.4, 0.5) is 0 Å². The number of benzene rings is 2. The fourth-order valence-electron chi connectivity index (χ4n) is 1.77. The fourth-order valence-corrected chi connectivity index (χ4v) is 1.77. The van der Waals surface area contributed by atoms with E-state index in [0.29, 0.717) is 11.1 Å². The molecule has 2 rings (SSSR count). The van der Waals surface area contributed by atoms with Gasteiger partial charge in [-0.1, -0.05) is 60.7 Å². The molecule has 0 heterocycles. The molecule has 0 aliphatic rings. The molecule has 3 nitrogen and oxygen atoms in total. The van der Waals surface area contributed by atoms with Crippen molar-refractivity contribution in [2.75, 3.05) is 0 Å². The minimum Gasteiger partial charge on any atom is -1.00 e. The Labute approximate surface area is 129 Å². The van der Waals surface area contributed by atoms with Crippen LogP contribution in [0.15, 0.2) is 60.7 Å². The van der Waals surface area contributed by atoms with Crippen molar-refractivity contribution in [1.29, 1.82) is 0 Å². The summed E-state index contributed by atoms with van der Waals surface area (Å²) >= 11 is 0. The summed E-state index contributed by atoms with van der Waals surface area (Å²) in [5, 5.41) is 19.7. The number of carboxylic acid groups (broad SMARTS) is 1. The molecule has 2 aromatic carbocycles. The van der Waals surface area contributed by atoms with Gasteiger partial charge in [-0.3, -0.25) is 0 Å². The summed E-state index contributed by atoms with van der Waals surface area (Å²) in [5.41, 5.74) is -1.31. The Morgan fingerprint density at radius 3 is 1.50 bits per heavy atom. The molecule has 2 N–H and O–H groups in total. The van der Waals surface area contributed by atoms with Crippen LogP contribution in [0.3, 0.4) is 0 Å². The van der Waals surface area contributed by atoms with Crippen molar-refractivity contribution in [2.24, 2.45) is 0 Å². The summed E-state index contributed by atoms with van der Waals surface area (Å²) in [6.07, 6.45) is 0. The molecule has 0 spiro atoms. The van der Waals surface area contributed by atoms with Gasteiger partial charge in [-0.15, -0.1) is 0 Å². The maximum Gasteiger partial charge on any atom is 1.00 e. The Kier molecular flexibility index (Phi) is 5.11. The van der Waals surface area contributed by atoms with E-state index in [9.17, 15) is 15.0 Å². The van der Waals surface area contributed by atoms with E-state index in [1.165, 1.54) is 0 Å². The Bertz CT molecular complexity index is 477. The molecule has 0 saturated heterocycles. The number of hydrogen-bond donors (Lipinski definition) is 2. The molecule has 0 aliphatic heterocycles. The zero-order valence-corrected chi connectivity index (χ0v) is 12.1. The van der Waals surface area contributed by atoms with Crippen LogP contribution in [-0.2, 0) is 10.4 Å². The van der Waals surface area contributed by atoms with Gasteiger partial charge in [0.2, 0.25) is 5.60 Å². The van der Waals surface area contributed by atoms with E-state index in [1.807, 2.05) is 0 Å². The second kappa shape index (κ2) is 6.16. The van der Waals surface area contributed by atoms with E-state index in [2.05, 4.69) is 0 Å². The van der Waals surface area contributed by atoms with Crippen LogP contribution in [0.5, 0.6) is 0 Å². The number of rotatable bonds is 3. The summed E-state index contributed by atoms with van der Waals surface area (Å²) < 4.78 is 0. The van der Waals surface area contributed by atoms with Crippen LogP contribution in [0, 0.1) is 0 Å². The summed E-state index contributed by atoms with van der Waals surface area (Å²) in [7, 11) is 0. The molecule has 2 aromatic rings. The van der Waals surface area contributed by atoms with Crippen molar-refractivity contribution in [3.8, 4) is 0 Å². The number of aliphatic carboxylic acids is 1. The monoisotopic (exact) mass is 252 g/mol. The van der Waals surface area contributed by atoms with Crippen LogP contribution in [0.1, 0.15) is 12.6 Å². The van der Waals surface area contributed by atoms with E-state index in [1.54, 1.807) is 60.7 Å². The average Bonchev–Trinajstić information content (AvgIpc) is 2.39. The number of carbonyl (C=O) groups is 1. The number of aliphatic hydroxyl groups is 1. The third kappa shape index (κ3) is 2.65. The molecule has 0 unspecified atom stereocenters. The third-order valence-corrected chi connectivity index (χ3v) is 2.69. The summed E-state index contributed by atoms with van der Waals surface area (Å²) in [6, 6.07) is 16.7. The van der Waals surface area contributed by atoms with Crippen molar-refractivity contribution in [2.45, 2.75) is 5.60 Å². The first-order valence-electron chi connectivity index (χ1n) is 5.22. The normalized spacial score (nSPS) is 10.5. The maximum atomic E-state index is 11.4. The molecular weight excluding hydrogens is 239 g/mol. The van der Waals surface area contributed by atoms with Gasteiger partial charge in [0.1, 0.15) is 0 Å². The molecule has 4 heteroatoms.